The topological polar surface area (TPSA) is 77.4 Å². The van der Waals surface area contributed by atoms with E-state index in [-0.39, 0.29) is 24.4 Å². The van der Waals surface area contributed by atoms with Crippen molar-refractivity contribution in [1.82, 2.24) is 0 Å². The van der Waals surface area contributed by atoms with Crippen molar-refractivity contribution in [2.75, 3.05) is 0 Å². The first kappa shape index (κ1) is 17.9. The van der Waals surface area contributed by atoms with Crippen LogP contribution in [0, 0.1) is 0 Å². The maximum absolute atomic E-state index is 9.91. The van der Waals surface area contributed by atoms with Crippen LogP contribution in [-0.4, -0.2) is 49.1 Å². The molecule has 0 saturated carbocycles. The molecule has 4 unspecified atom stereocenters. The van der Waals surface area contributed by atoms with Crippen LogP contribution in [0.1, 0.15) is 53.4 Å². The van der Waals surface area contributed by atoms with Gasteiger partial charge in [-0.2, -0.15) is 0 Å². The average molecular weight is 288 g/mol. The quantitative estimate of drug-likeness (QED) is 0.755. The molecule has 1 rings (SSSR count). The van der Waals surface area contributed by atoms with Crippen molar-refractivity contribution in [1.29, 1.82) is 0 Å². The average Bonchev–Trinajstić information content (AvgIpc) is 2.45. The van der Waals surface area contributed by atoms with Gasteiger partial charge in [0.2, 0.25) is 0 Å². The molecule has 0 aromatic heterocycles. The van der Waals surface area contributed by atoms with E-state index in [1.165, 1.54) is 0 Å². The van der Waals surface area contributed by atoms with E-state index < -0.39 is 14.6 Å². The van der Waals surface area contributed by atoms with Gasteiger partial charge in [-0.3, -0.25) is 0 Å². The Morgan fingerprint density at radius 1 is 0.600 bits per heavy atom. The van der Waals surface area contributed by atoms with Gasteiger partial charge in [-0.1, -0.05) is 27.7 Å². The summed E-state index contributed by atoms with van der Waals surface area (Å²) in [5.41, 5.74) is 0. The summed E-state index contributed by atoms with van der Waals surface area (Å²) in [4.78, 5) is 0. The Hall–Kier alpha value is -0.110. The summed E-state index contributed by atoms with van der Waals surface area (Å²) in [7, 11) is -2.62. The van der Waals surface area contributed by atoms with Gasteiger partial charge in [0.1, 0.15) is 0 Å². The van der Waals surface area contributed by atoms with Gasteiger partial charge in [0.15, 0.2) is 0 Å². The summed E-state index contributed by atoms with van der Waals surface area (Å²) >= 11 is 0. The van der Waals surface area contributed by atoms with Gasteiger partial charge in [-0.05, 0) is 25.7 Å². The second-order valence-electron chi connectivity index (χ2n) is 4.95. The molecular weight excluding hydrogens is 262 g/mol. The van der Waals surface area contributed by atoms with E-state index in [1.54, 1.807) is 0 Å². The fourth-order valence-corrected chi connectivity index (χ4v) is 2.45. The molecule has 1 fully saturated rings. The Morgan fingerprint density at radius 3 is 0.950 bits per heavy atom. The highest BCUT2D eigenvalue weighted by molar-refractivity contribution is 6.35. The number of hydrogen-bond donors (Lipinski definition) is 2. The Bertz CT molecular complexity index is 220. The van der Waals surface area contributed by atoms with Crippen molar-refractivity contribution in [3.63, 3.8) is 0 Å². The van der Waals surface area contributed by atoms with Crippen molar-refractivity contribution >= 4 is 14.6 Å². The maximum atomic E-state index is 9.91. The fourth-order valence-electron chi connectivity index (χ4n) is 2.45. The normalized spacial score (nSPS) is 33.3. The highest BCUT2D eigenvalue weighted by atomic mass is 16.7. The van der Waals surface area contributed by atoms with Crippen LogP contribution in [0.3, 0.4) is 0 Å². The van der Waals surface area contributed by atoms with Crippen molar-refractivity contribution < 1.29 is 28.7 Å². The molecule has 2 N–H and O–H groups in total. The summed E-state index contributed by atoms with van der Waals surface area (Å²) in [6.07, 6.45) is 1.12. The predicted molar refractivity (Wildman–Crippen MR) is 76.6 cm³/mol. The smallest absolute Gasteiger partial charge is 0.402 e. The van der Waals surface area contributed by atoms with E-state index in [0.29, 0.717) is 25.7 Å². The molecule has 1 heterocycles. The molecule has 1 aliphatic rings. The second kappa shape index (κ2) is 9.02. The minimum absolute atomic E-state index is 0.357. The maximum Gasteiger partial charge on any atom is 0.637 e. The summed E-state index contributed by atoms with van der Waals surface area (Å²) in [5.74, 6) is 0. The van der Waals surface area contributed by atoms with Crippen molar-refractivity contribution in [2.24, 2.45) is 0 Å². The zero-order chi connectivity index (χ0) is 15.1. The first-order chi connectivity index (χ1) is 9.55. The summed E-state index contributed by atoms with van der Waals surface area (Å²) in [6, 6.07) is 0. The molecule has 8 heteroatoms. The molecule has 0 aliphatic carbocycles. The van der Waals surface area contributed by atoms with Gasteiger partial charge >= 0.3 is 14.6 Å². The molecule has 0 bridgehead atoms. The Labute approximate surface area is 122 Å². The SMILES string of the molecule is CCC1OB(O)OC(CC)C(CC)OB(O)OC1CC. The third-order valence-corrected chi connectivity index (χ3v) is 3.60. The molecule has 1 aliphatic heterocycles. The monoisotopic (exact) mass is 288 g/mol. The standard InChI is InChI=1S/C12H26B2O6/c1-5-9-10(6-2)18-14(16)20-12(8-4)11(7-3)19-13(15)17-9/h9-12,15-16H,5-8H2,1-4H3. The highest BCUT2D eigenvalue weighted by Gasteiger charge is 2.37. The molecule has 1 saturated heterocycles. The molecule has 0 spiro atoms. The van der Waals surface area contributed by atoms with Crippen LogP contribution in [-0.2, 0) is 18.6 Å². The second-order valence-corrected chi connectivity index (χ2v) is 4.95. The fraction of sp³-hybridized carbons (Fsp3) is 1.00. The van der Waals surface area contributed by atoms with Gasteiger partial charge in [-0.15, -0.1) is 0 Å². The molecule has 0 amide bonds. The van der Waals surface area contributed by atoms with Crippen LogP contribution in [0.25, 0.3) is 0 Å². The lowest BCUT2D eigenvalue weighted by Gasteiger charge is -2.34. The van der Waals surface area contributed by atoms with Crippen molar-refractivity contribution in [2.45, 2.75) is 77.8 Å². The van der Waals surface area contributed by atoms with E-state index in [4.69, 9.17) is 18.6 Å². The summed E-state index contributed by atoms with van der Waals surface area (Å²) < 4.78 is 22.0. The molecule has 116 valence electrons. The van der Waals surface area contributed by atoms with E-state index in [0.717, 1.165) is 0 Å². The van der Waals surface area contributed by atoms with Crippen LogP contribution in [0.5, 0.6) is 0 Å². The van der Waals surface area contributed by atoms with Crippen LogP contribution in [0.4, 0.5) is 0 Å². The van der Waals surface area contributed by atoms with Crippen molar-refractivity contribution in [3.05, 3.63) is 0 Å². The molecule has 0 aromatic carbocycles. The third kappa shape index (κ3) is 5.02. The van der Waals surface area contributed by atoms with Crippen LogP contribution in [0.2, 0.25) is 0 Å². The van der Waals surface area contributed by atoms with Crippen molar-refractivity contribution in [3.8, 4) is 0 Å². The zero-order valence-electron chi connectivity index (χ0n) is 12.8. The molecule has 0 aromatic rings. The van der Waals surface area contributed by atoms with E-state index in [9.17, 15) is 10.0 Å². The van der Waals surface area contributed by atoms with Gasteiger partial charge in [0, 0.05) is 0 Å². The van der Waals surface area contributed by atoms with Gasteiger partial charge in [0.25, 0.3) is 0 Å². The largest absolute Gasteiger partial charge is 0.637 e. The van der Waals surface area contributed by atoms with E-state index in [1.807, 2.05) is 27.7 Å². The number of rotatable bonds is 4. The summed E-state index contributed by atoms with van der Waals surface area (Å²) in [5, 5.41) is 19.8. The van der Waals surface area contributed by atoms with Crippen LogP contribution >= 0.6 is 0 Å². The predicted octanol–water partition coefficient (Wildman–Crippen LogP) is 1.14. The first-order valence-electron chi connectivity index (χ1n) is 7.53. The highest BCUT2D eigenvalue weighted by Crippen LogP contribution is 2.20. The molecule has 6 nitrogen and oxygen atoms in total. The van der Waals surface area contributed by atoms with Crippen LogP contribution < -0.4 is 0 Å². The van der Waals surface area contributed by atoms with E-state index >= 15 is 0 Å². The van der Waals surface area contributed by atoms with E-state index in [2.05, 4.69) is 0 Å². The van der Waals surface area contributed by atoms with Gasteiger partial charge in [0.05, 0.1) is 24.4 Å². The molecular formula is C12H26B2O6. The lowest BCUT2D eigenvalue weighted by Crippen LogP contribution is -2.48. The van der Waals surface area contributed by atoms with Gasteiger partial charge < -0.3 is 28.7 Å². The Balaban J connectivity index is 2.85. The van der Waals surface area contributed by atoms with Crippen LogP contribution in [0.15, 0.2) is 0 Å². The summed E-state index contributed by atoms with van der Waals surface area (Å²) in [6.45, 7) is 7.70. The Kier molecular flexibility index (Phi) is 8.09. The van der Waals surface area contributed by atoms with Gasteiger partial charge in [-0.25, -0.2) is 0 Å². The third-order valence-electron chi connectivity index (χ3n) is 3.60. The zero-order valence-corrected chi connectivity index (χ0v) is 12.8. The lowest BCUT2D eigenvalue weighted by molar-refractivity contribution is -0.0768. The minimum atomic E-state index is -1.31. The molecule has 0 radical (unpaired) electrons. The lowest BCUT2D eigenvalue weighted by atomic mass is 10.0. The first-order valence-corrected chi connectivity index (χ1v) is 7.53. The molecule has 4 atom stereocenters. The minimum Gasteiger partial charge on any atom is -0.402 e. The number of hydrogen-bond acceptors (Lipinski definition) is 6. The molecule has 20 heavy (non-hydrogen) atoms. The Morgan fingerprint density at radius 2 is 0.800 bits per heavy atom.